The Kier molecular flexibility index (Phi) is 6.45. The quantitative estimate of drug-likeness (QED) is 0.687. The number of allylic oxidation sites excluding steroid dienone is 1. The van der Waals surface area contributed by atoms with E-state index in [4.69, 9.17) is 5.73 Å². The molecule has 0 radical (unpaired) electrons. The van der Waals surface area contributed by atoms with E-state index in [1.807, 2.05) is 0 Å². The lowest BCUT2D eigenvalue weighted by molar-refractivity contribution is -0.120. The van der Waals surface area contributed by atoms with Crippen LogP contribution in [0.25, 0.3) is 5.70 Å². The highest BCUT2D eigenvalue weighted by atomic mass is 19.1. The van der Waals surface area contributed by atoms with E-state index >= 15 is 0 Å². The Morgan fingerprint density at radius 3 is 2.80 bits per heavy atom. The maximum atomic E-state index is 14.2. The highest BCUT2D eigenvalue weighted by molar-refractivity contribution is 6.44. The molecule has 30 heavy (non-hydrogen) atoms. The number of aromatic nitrogens is 2. The number of benzene rings is 1. The minimum atomic E-state index is -0.693. The van der Waals surface area contributed by atoms with Crippen LogP contribution in [0.3, 0.4) is 0 Å². The maximum absolute atomic E-state index is 14.2. The Balaban J connectivity index is 1.87. The number of piperazine rings is 1. The first-order valence-electron chi connectivity index (χ1n) is 9.15. The second-order valence-electron chi connectivity index (χ2n) is 6.59. The summed E-state index contributed by atoms with van der Waals surface area (Å²) < 4.78 is 28.0. The fourth-order valence-corrected chi connectivity index (χ4v) is 2.81. The van der Waals surface area contributed by atoms with Gasteiger partial charge in [0, 0.05) is 25.6 Å². The molecule has 0 bridgehead atoms. The van der Waals surface area contributed by atoms with E-state index in [9.17, 15) is 18.4 Å². The molecule has 10 heteroatoms. The topological polar surface area (TPSA) is 114 Å². The highest BCUT2D eigenvalue weighted by Crippen LogP contribution is 2.18. The Bertz CT molecular complexity index is 1040. The van der Waals surface area contributed by atoms with Crippen LogP contribution in [-0.4, -0.2) is 47.0 Å². The van der Waals surface area contributed by atoms with E-state index in [1.54, 1.807) is 18.2 Å². The van der Waals surface area contributed by atoms with Gasteiger partial charge in [-0.25, -0.2) is 18.7 Å². The smallest absolute Gasteiger partial charge is 0.239 e. The summed E-state index contributed by atoms with van der Waals surface area (Å²) in [6.07, 6.45) is 2.22. The van der Waals surface area contributed by atoms with Crippen LogP contribution >= 0.6 is 0 Å². The predicted molar refractivity (Wildman–Crippen MR) is 108 cm³/mol. The lowest BCUT2D eigenvalue weighted by Crippen LogP contribution is -2.48. The van der Waals surface area contributed by atoms with Crippen molar-refractivity contribution in [2.24, 2.45) is 10.7 Å². The molecule has 1 amide bonds. The van der Waals surface area contributed by atoms with Crippen molar-refractivity contribution in [3.05, 3.63) is 59.6 Å². The number of hydrogen-bond acceptors (Lipinski definition) is 7. The predicted octanol–water partition coefficient (Wildman–Crippen LogP) is 1.22. The van der Waals surface area contributed by atoms with Crippen LogP contribution in [0.4, 0.5) is 14.6 Å². The van der Waals surface area contributed by atoms with Crippen molar-refractivity contribution in [2.75, 3.05) is 24.5 Å². The average Bonchev–Trinajstić information content (AvgIpc) is 2.72. The monoisotopic (exact) mass is 414 g/mol. The Labute approximate surface area is 171 Å². The summed E-state index contributed by atoms with van der Waals surface area (Å²) in [6, 6.07) is 6.09. The zero-order chi connectivity index (χ0) is 21.7. The van der Waals surface area contributed by atoms with Crippen LogP contribution in [0.1, 0.15) is 18.3 Å². The molecule has 2 aromatic rings. The number of anilines is 1. The molecule has 156 valence electrons. The molecule has 3 N–H and O–H groups in total. The number of rotatable bonds is 6. The van der Waals surface area contributed by atoms with E-state index in [-0.39, 0.29) is 47.8 Å². The molecule has 1 aliphatic heterocycles. The number of nitrogens with zero attached hydrogens (tertiary/aromatic N) is 4. The van der Waals surface area contributed by atoms with Gasteiger partial charge < -0.3 is 16.0 Å². The zero-order valence-electron chi connectivity index (χ0n) is 16.2. The van der Waals surface area contributed by atoms with E-state index in [2.05, 4.69) is 20.3 Å². The number of Topliss-reactive ketones (excluding diaryl/α,β-unsaturated/α-hetero) is 1. The summed E-state index contributed by atoms with van der Waals surface area (Å²) in [6.45, 7) is 1.95. The van der Waals surface area contributed by atoms with Crippen molar-refractivity contribution in [1.29, 1.82) is 0 Å². The lowest BCUT2D eigenvalue weighted by atomic mass is 10.2. The van der Waals surface area contributed by atoms with E-state index in [0.717, 1.165) is 6.20 Å². The minimum absolute atomic E-state index is 0.00239. The SMILES string of the molecule is CC(=O)C(C=C(N)c1ncc(F)c(N2CCNC(=O)C2)n1)=NCc1ccccc1F. The van der Waals surface area contributed by atoms with Gasteiger partial charge in [-0.05, 0) is 12.1 Å². The van der Waals surface area contributed by atoms with Crippen LogP contribution in [0.5, 0.6) is 0 Å². The van der Waals surface area contributed by atoms with Crippen LogP contribution in [0.15, 0.2) is 41.5 Å². The highest BCUT2D eigenvalue weighted by Gasteiger charge is 2.22. The molecule has 0 aliphatic carbocycles. The number of carbonyl (C=O) groups is 2. The van der Waals surface area contributed by atoms with Crippen molar-refractivity contribution < 1.29 is 18.4 Å². The van der Waals surface area contributed by atoms with Crippen LogP contribution in [0.2, 0.25) is 0 Å². The van der Waals surface area contributed by atoms with Gasteiger partial charge in [-0.3, -0.25) is 14.6 Å². The third-order valence-electron chi connectivity index (χ3n) is 4.35. The van der Waals surface area contributed by atoms with Gasteiger partial charge in [0.05, 0.1) is 25.0 Å². The Morgan fingerprint density at radius 2 is 2.10 bits per heavy atom. The molecule has 1 aliphatic rings. The summed E-state index contributed by atoms with van der Waals surface area (Å²) in [5.41, 5.74) is 6.33. The van der Waals surface area contributed by atoms with E-state index < -0.39 is 11.6 Å². The summed E-state index contributed by atoms with van der Waals surface area (Å²) in [7, 11) is 0. The zero-order valence-corrected chi connectivity index (χ0v) is 16.2. The van der Waals surface area contributed by atoms with Gasteiger partial charge in [0.2, 0.25) is 5.91 Å². The molecule has 1 aromatic carbocycles. The first kappa shape index (κ1) is 21.0. The Hall–Kier alpha value is -3.69. The van der Waals surface area contributed by atoms with Gasteiger partial charge in [-0.15, -0.1) is 0 Å². The number of carbonyl (C=O) groups excluding carboxylic acids is 2. The molecular formula is C20H20F2N6O2. The lowest BCUT2D eigenvalue weighted by Gasteiger charge is -2.27. The molecule has 0 unspecified atom stereocenters. The largest absolute Gasteiger partial charge is 0.396 e. The first-order chi connectivity index (χ1) is 14.3. The van der Waals surface area contributed by atoms with Gasteiger partial charge in [-0.2, -0.15) is 0 Å². The number of nitrogens with one attached hydrogen (secondary N) is 1. The van der Waals surface area contributed by atoms with Gasteiger partial charge in [0.25, 0.3) is 0 Å². The molecule has 1 saturated heterocycles. The molecule has 8 nitrogen and oxygen atoms in total. The second-order valence-corrected chi connectivity index (χ2v) is 6.59. The summed E-state index contributed by atoms with van der Waals surface area (Å²) in [5, 5.41) is 2.65. The van der Waals surface area contributed by atoms with Gasteiger partial charge in [0.1, 0.15) is 11.5 Å². The van der Waals surface area contributed by atoms with Gasteiger partial charge in [0.15, 0.2) is 23.2 Å². The fraction of sp³-hybridized carbons (Fsp3) is 0.250. The van der Waals surface area contributed by atoms with Crippen molar-refractivity contribution in [1.82, 2.24) is 15.3 Å². The maximum Gasteiger partial charge on any atom is 0.239 e. The van der Waals surface area contributed by atoms with Crippen LogP contribution in [-0.2, 0) is 16.1 Å². The number of halogens is 2. The number of aliphatic imine (C=N–C) groups is 1. The van der Waals surface area contributed by atoms with E-state index in [1.165, 1.54) is 24.0 Å². The van der Waals surface area contributed by atoms with Gasteiger partial charge >= 0.3 is 0 Å². The van der Waals surface area contributed by atoms with Gasteiger partial charge in [-0.1, -0.05) is 18.2 Å². The fourth-order valence-electron chi connectivity index (χ4n) is 2.81. The van der Waals surface area contributed by atoms with E-state index in [0.29, 0.717) is 18.7 Å². The molecular weight excluding hydrogens is 394 g/mol. The Morgan fingerprint density at radius 1 is 1.33 bits per heavy atom. The average molecular weight is 414 g/mol. The van der Waals surface area contributed by atoms with Crippen molar-refractivity contribution in [2.45, 2.75) is 13.5 Å². The normalized spacial score (nSPS) is 15.2. The molecule has 3 rings (SSSR count). The number of hydrogen-bond donors (Lipinski definition) is 2. The first-order valence-corrected chi connectivity index (χ1v) is 9.15. The number of nitrogens with two attached hydrogens (primary N) is 1. The number of amides is 1. The molecule has 1 aromatic heterocycles. The number of ketones is 1. The third kappa shape index (κ3) is 5.02. The molecule has 0 spiro atoms. The van der Waals surface area contributed by atoms with Crippen molar-refractivity contribution >= 4 is 28.9 Å². The molecule has 2 heterocycles. The third-order valence-corrected chi connectivity index (χ3v) is 4.35. The second kappa shape index (κ2) is 9.21. The van der Waals surface area contributed by atoms with Crippen molar-refractivity contribution in [3.63, 3.8) is 0 Å². The summed E-state index contributed by atoms with van der Waals surface area (Å²) >= 11 is 0. The summed E-state index contributed by atoms with van der Waals surface area (Å²) in [5.74, 6) is -1.83. The van der Waals surface area contributed by atoms with Crippen LogP contribution in [0, 0.1) is 11.6 Å². The molecule has 1 fully saturated rings. The minimum Gasteiger partial charge on any atom is -0.396 e. The standard InChI is InChI=1S/C20H20F2N6O2/c1-12(29)17(25-9-13-4-2-3-5-14(13)21)8-16(23)19-26-10-15(22)20(27-19)28-7-6-24-18(30)11-28/h2-5,8,10H,6-7,9,11,23H2,1H3,(H,24,30). The summed E-state index contributed by atoms with van der Waals surface area (Å²) in [4.78, 5) is 37.1. The molecule has 0 atom stereocenters. The van der Waals surface area contributed by atoms with Crippen molar-refractivity contribution in [3.8, 4) is 0 Å². The molecule has 0 saturated carbocycles. The van der Waals surface area contributed by atoms with Crippen LogP contribution < -0.4 is 16.0 Å².